The predicted octanol–water partition coefficient (Wildman–Crippen LogP) is 3.31. The Morgan fingerprint density at radius 3 is 2.39 bits per heavy atom. The Kier molecular flexibility index (Phi) is 5.75. The van der Waals surface area contributed by atoms with Crippen molar-refractivity contribution in [2.75, 3.05) is 20.8 Å². The van der Waals surface area contributed by atoms with E-state index in [9.17, 15) is 4.79 Å². The van der Waals surface area contributed by atoms with Crippen molar-refractivity contribution in [3.8, 4) is 11.5 Å². The summed E-state index contributed by atoms with van der Waals surface area (Å²) in [5, 5.41) is -0.890. The van der Waals surface area contributed by atoms with Crippen molar-refractivity contribution in [2.45, 2.75) is 12.3 Å². The number of hydrogen-bond acceptors (Lipinski definition) is 4. The van der Waals surface area contributed by atoms with E-state index >= 15 is 0 Å². The van der Waals surface area contributed by atoms with Crippen LogP contribution in [0.15, 0.2) is 16.6 Å². The van der Waals surface area contributed by atoms with E-state index in [1.807, 2.05) is 0 Å². The third-order valence-corrected chi connectivity index (χ3v) is 3.37. The summed E-state index contributed by atoms with van der Waals surface area (Å²) in [5.41, 5.74) is 0.577. The van der Waals surface area contributed by atoms with E-state index in [1.165, 1.54) is 14.2 Å². The monoisotopic (exact) mass is 336 g/mol. The van der Waals surface area contributed by atoms with E-state index < -0.39 is 11.3 Å². The van der Waals surface area contributed by atoms with E-state index in [-0.39, 0.29) is 6.61 Å². The minimum Gasteiger partial charge on any atom is -0.493 e. The van der Waals surface area contributed by atoms with Crippen LogP contribution in [0.3, 0.4) is 0 Å². The van der Waals surface area contributed by atoms with Crippen LogP contribution in [-0.2, 0) is 9.53 Å². The molecule has 0 bridgehead atoms. The molecule has 1 rings (SSSR count). The van der Waals surface area contributed by atoms with E-state index in [0.29, 0.717) is 21.5 Å². The van der Waals surface area contributed by atoms with Gasteiger partial charge >= 0.3 is 5.97 Å². The van der Waals surface area contributed by atoms with Gasteiger partial charge < -0.3 is 14.2 Å². The van der Waals surface area contributed by atoms with Gasteiger partial charge in [0.15, 0.2) is 16.9 Å². The number of halogens is 2. The van der Waals surface area contributed by atoms with E-state index in [2.05, 4.69) is 15.9 Å². The number of methoxy groups -OCH3 is 2. The number of carbonyl (C=O) groups is 1. The third kappa shape index (κ3) is 3.29. The van der Waals surface area contributed by atoms with Gasteiger partial charge in [0.1, 0.15) is 0 Å². The van der Waals surface area contributed by atoms with Crippen LogP contribution in [0.25, 0.3) is 0 Å². The summed E-state index contributed by atoms with van der Waals surface area (Å²) in [4.78, 5) is 11.6. The molecule has 4 nitrogen and oxygen atoms in total. The highest BCUT2D eigenvalue weighted by atomic mass is 79.9. The molecule has 100 valence electrons. The molecule has 1 unspecified atom stereocenters. The normalized spacial score (nSPS) is 11.8. The standard InChI is InChI=1S/C12H14BrClO4/c1-4-18-12(15)11(14)7-5-9(16-2)10(17-3)6-8(7)13/h5-6,11H,4H2,1-3H3. The van der Waals surface area contributed by atoms with Crippen molar-refractivity contribution >= 4 is 33.5 Å². The molecule has 0 aromatic heterocycles. The van der Waals surface area contributed by atoms with Crippen LogP contribution in [0.2, 0.25) is 0 Å². The Morgan fingerprint density at radius 1 is 1.33 bits per heavy atom. The zero-order valence-electron chi connectivity index (χ0n) is 10.3. The SMILES string of the molecule is CCOC(=O)C(Cl)c1cc(OC)c(OC)cc1Br. The van der Waals surface area contributed by atoms with Crippen molar-refractivity contribution in [1.82, 2.24) is 0 Å². The van der Waals surface area contributed by atoms with Crippen LogP contribution in [0.5, 0.6) is 11.5 Å². The molecule has 0 aliphatic carbocycles. The Bertz CT molecular complexity index is 436. The van der Waals surface area contributed by atoms with Crippen molar-refractivity contribution in [3.63, 3.8) is 0 Å². The molecule has 0 spiro atoms. The maximum atomic E-state index is 11.6. The molecule has 0 heterocycles. The Hall–Kier alpha value is -0.940. The predicted molar refractivity (Wildman–Crippen MR) is 72.5 cm³/mol. The molecule has 1 aromatic rings. The molecular weight excluding hydrogens is 323 g/mol. The topological polar surface area (TPSA) is 44.8 Å². The number of ether oxygens (including phenoxy) is 3. The lowest BCUT2D eigenvalue weighted by Crippen LogP contribution is -2.11. The summed E-state index contributed by atoms with van der Waals surface area (Å²) in [5.74, 6) is 0.568. The number of carbonyl (C=O) groups excluding carboxylic acids is 1. The molecule has 6 heteroatoms. The Morgan fingerprint density at radius 2 is 1.89 bits per heavy atom. The van der Waals surface area contributed by atoms with Crippen LogP contribution in [0, 0.1) is 0 Å². The van der Waals surface area contributed by atoms with Crippen LogP contribution >= 0.6 is 27.5 Å². The fraction of sp³-hybridized carbons (Fsp3) is 0.417. The third-order valence-electron chi connectivity index (χ3n) is 2.27. The molecule has 0 amide bonds. The number of hydrogen-bond donors (Lipinski definition) is 0. The van der Waals surface area contributed by atoms with Crippen LogP contribution in [0.1, 0.15) is 17.9 Å². The zero-order chi connectivity index (χ0) is 13.7. The summed E-state index contributed by atoms with van der Waals surface area (Å²) in [6.07, 6.45) is 0. The molecular formula is C12H14BrClO4. The van der Waals surface area contributed by atoms with Gasteiger partial charge in [0, 0.05) is 4.47 Å². The van der Waals surface area contributed by atoms with Gasteiger partial charge in [-0.15, -0.1) is 11.6 Å². The molecule has 0 radical (unpaired) electrons. The van der Waals surface area contributed by atoms with Gasteiger partial charge in [-0.1, -0.05) is 15.9 Å². The molecule has 0 N–H and O–H groups in total. The number of esters is 1. The highest BCUT2D eigenvalue weighted by molar-refractivity contribution is 9.10. The second-order valence-corrected chi connectivity index (χ2v) is 4.63. The fourth-order valence-electron chi connectivity index (χ4n) is 1.41. The van der Waals surface area contributed by atoms with E-state index in [0.717, 1.165) is 0 Å². The van der Waals surface area contributed by atoms with Crippen LogP contribution in [0.4, 0.5) is 0 Å². The second kappa shape index (κ2) is 6.85. The van der Waals surface area contributed by atoms with Gasteiger partial charge in [0.2, 0.25) is 0 Å². The Balaban J connectivity index is 3.12. The van der Waals surface area contributed by atoms with Gasteiger partial charge in [-0.3, -0.25) is 4.79 Å². The average molecular weight is 338 g/mol. The summed E-state index contributed by atoms with van der Waals surface area (Å²) in [7, 11) is 3.05. The Labute approximate surface area is 119 Å². The highest BCUT2D eigenvalue weighted by Gasteiger charge is 2.23. The first-order valence-electron chi connectivity index (χ1n) is 5.27. The van der Waals surface area contributed by atoms with Gasteiger partial charge in [-0.2, -0.15) is 0 Å². The summed E-state index contributed by atoms with van der Waals surface area (Å²) in [6.45, 7) is 2.01. The van der Waals surface area contributed by atoms with Gasteiger partial charge in [0.25, 0.3) is 0 Å². The largest absolute Gasteiger partial charge is 0.493 e. The summed E-state index contributed by atoms with van der Waals surface area (Å²) < 4.78 is 15.9. The molecule has 18 heavy (non-hydrogen) atoms. The van der Waals surface area contributed by atoms with E-state index in [4.69, 9.17) is 25.8 Å². The number of benzene rings is 1. The van der Waals surface area contributed by atoms with Crippen molar-refractivity contribution in [1.29, 1.82) is 0 Å². The molecule has 0 aliphatic rings. The number of rotatable bonds is 5. The summed E-state index contributed by atoms with van der Waals surface area (Å²) in [6, 6.07) is 3.35. The van der Waals surface area contributed by atoms with E-state index in [1.54, 1.807) is 19.1 Å². The fourth-order valence-corrected chi connectivity index (χ4v) is 2.33. The van der Waals surface area contributed by atoms with Crippen molar-refractivity contribution in [3.05, 3.63) is 22.2 Å². The minimum atomic E-state index is -0.890. The van der Waals surface area contributed by atoms with Crippen molar-refractivity contribution < 1.29 is 19.0 Å². The van der Waals surface area contributed by atoms with Crippen molar-refractivity contribution in [2.24, 2.45) is 0 Å². The molecule has 0 fully saturated rings. The lowest BCUT2D eigenvalue weighted by atomic mass is 10.1. The first-order valence-corrected chi connectivity index (χ1v) is 6.50. The lowest BCUT2D eigenvalue weighted by molar-refractivity contribution is -0.142. The zero-order valence-corrected chi connectivity index (χ0v) is 12.7. The molecule has 0 saturated carbocycles. The average Bonchev–Trinajstić information content (AvgIpc) is 2.37. The highest BCUT2D eigenvalue weighted by Crippen LogP contribution is 2.38. The van der Waals surface area contributed by atoms with Gasteiger partial charge in [-0.25, -0.2) is 0 Å². The maximum absolute atomic E-state index is 11.6. The van der Waals surface area contributed by atoms with Gasteiger partial charge in [-0.05, 0) is 24.6 Å². The first kappa shape index (κ1) is 15.1. The minimum absolute atomic E-state index is 0.285. The maximum Gasteiger partial charge on any atom is 0.328 e. The quantitative estimate of drug-likeness (QED) is 0.611. The summed E-state index contributed by atoms with van der Waals surface area (Å²) >= 11 is 9.41. The molecule has 0 saturated heterocycles. The second-order valence-electron chi connectivity index (χ2n) is 3.34. The van der Waals surface area contributed by atoms with Crippen LogP contribution < -0.4 is 9.47 Å². The van der Waals surface area contributed by atoms with Gasteiger partial charge in [0.05, 0.1) is 20.8 Å². The van der Waals surface area contributed by atoms with Crippen LogP contribution in [-0.4, -0.2) is 26.8 Å². The molecule has 1 aromatic carbocycles. The first-order chi connectivity index (χ1) is 8.54. The lowest BCUT2D eigenvalue weighted by Gasteiger charge is -2.14. The number of alkyl halides is 1. The molecule has 1 atom stereocenters. The molecule has 0 aliphatic heterocycles. The smallest absolute Gasteiger partial charge is 0.328 e.